The third-order valence-corrected chi connectivity index (χ3v) is 3.03. The maximum absolute atomic E-state index is 13.5. The molecule has 0 spiro atoms. The molecule has 0 saturated heterocycles. The zero-order valence-corrected chi connectivity index (χ0v) is 11.0. The van der Waals surface area contributed by atoms with Crippen LogP contribution in [0.4, 0.5) is 14.5 Å². The minimum Gasteiger partial charge on any atom is -0.380 e. The molecule has 0 radical (unpaired) electrons. The molecule has 0 aliphatic carbocycles. The van der Waals surface area contributed by atoms with Gasteiger partial charge >= 0.3 is 0 Å². The van der Waals surface area contributed by atoms with Gasteiger partial charge in [0.05, 0.1) is 11.9 Å². The first-order valence-corrected chi connectivity index (χ1v) is 6.35. The summed E-state index contributed by atoms with van der Waals surface area (Å²) in [7, 11) is 0. The van der Waals surface area contributed by atoms with Crippen molar-refractivity contribution >= 4 is 5.69 Å². The van der Waals surface area contributed by atoms with Crippen LogP contribution >= 0.6 is 0 Å². The minimum atomic E-state index is -0.845. The van der Waals surface area contributed by atoms with Crippen molar-refractivity contribution in [1.82, 2.24) is 14.5 Å². The van der Waals surface area contributed by atoms with E-state index in [0.29, 0.717) is 0 Å². The Kier molecular flexibility index (Phi) is 3.59. The molecular weight excluding hydrogens is 274 g/mol. The Balaban J connectivity index is 1.70. The highest BCUT2D eigenvalue weighted by Gasteiger charge is 2.07. The SMILES string of the molecule is Fc1cccc(CNc2ccc(-n3ccnc3)nc2)c1F. The number of anilines is 1. The van der Waals surface area contributed by atoms with Crippen LogP contribution in [0.3, 0.4) is 0 Å². The van der Waals surface area contributed by atoms with Gasteiger partial charge in [0.2, 0.25) is 0 Å². The van der Waals surface area contributed by atoms with E-state index >= 15 is 0 Å². The second-order valence-electron chi connectivity index (χ2n) is 4.44. The molecule has 3 aromatic rings. The molecule has 4 nitrogen and oxygen atoms in total. The van der Waals surface area contributed by atoms with Crippen LogP contribution in [0.2, 0.25) is 0 Å². The van der Waals surface area contributed by atoms with Crippen LogP contribution < -0.4 is 5.32 Å². The van der Waals surface area contributed by atoms with Crippen molar-refractivity contribution in [3.63, 3.8) is 0 Å². The number of pyridine rings is 1. The van der Waals surface area contributed by atoms with E-state index < -0.39 is 11.6 Å². The summed E-state index contributed by atoms with van der Waals surface area (Å²) in [5, 5.41) is 3.01. The first-order chi connectivity index (χ1) is 10.2. The second-order valence-corrected chi connectivity index (χ2v) is 4.44. The van der Waals surface area contributed by atoms with Gasteiger partial charge in [-0.25, -0.2) is 18.7 Å². The Morgan fingerprint density at radius 3 is 2.76 bits per heavy atom. The molecule has 2 aromatic heterocycles. The van der Waals surface area contributed by atoms with Crippen molar-refractivity contribution in [2.24, 2.45) is 0 Å². The lowest BCUT2D eigenvalue weighted by Gasteiger charge is -2.08. The van der Waals surface area contributed by atoms with Crippen molar-refractivity contribution in [1.29, 1.82) is 0 Å². The number of hydrogen-bond acceptors (Lipinski definition) is 3. The number of aromatic nitrogens is 3. The van der Waals surface area contributed by atoms with Gasteiger partial charge in [0.1, 0.15) is 12.1 Å². The summed E-state index contributed by atoms with van der Waals surface area (Å²) in [6, 6.07) is 7.75. The summed E-state index contributed by atoms with van der Waals surface area (Å²) < 4.78 is 28.4. The first kappa shape index (κ1) is 13.2. The number of nitrogens with zero attached hydrogens (tertiary/aromatic N) is 3. The molecule has 0 aliphatic rings. The molecule has 0 aliphatic heterocycles. The molecule has 6 heteroatoms. The Bertz CT molecular complexity index is 724. The Morgan fingerprint density at radius 2 is 2.05 bits per heavy atom. The van der Waals surface area contributed by atoms with Gasteiger partial charge in [-0.1, -0.05) is 12.1 Å². The van der Waals surface area contributed by atoms with E-state index in [0.717, 1.165) is 17.6 Å². The number of hydrogen-bond donors (Lipinski definition) is 1. The van der Waals surface area contributed by atoms with Gasteiger partial charge in [-0.15, -0.1) is 0 Å². The van der Waals surface area contributed by atoms with Crippen LogP contribution in [0.25, 0.3) is 5.82 Å². The molecule has 3 rings (SSSR count). The van der Waals surface area contributed by atoms with Gasteiger partial charge in [0.15, 0.2) is 11.6 Å². The molecule has 0 amide bonds. The molecule has 0 saturated carbocycles. The average Bonchev–Trinajstić information content (AvgIpc) is 3.04. The zero-order chi connectivity index (χ0) is 14.7. The summed E-state index contributed by atoms with van der Waals surface area (Å²) in [6.07, 6.45) is 6.74. The number of imidazole rings is 1. The highest BCUT2D eigenvalue weighted by Crippen LogP contribution is 2.14. The normalized spacial score (nSPS) is 10.6. The van der Waals surface area contributed by atoms with E-state index in [1.165, 1.54) is 6.07 Å². The number of halogens is 2. The fraction of sp³-hybridized carbons (Fsp3) is 0.0667. The van der Waals surface area contributed by atoms with Crippen molar-refractivity contribution in [3.8, 4) is 5.82 Å². The van der Waals surface area contributed by atoms with Crippen LogP contribution in [-0.4, -0.2) is 14.5 Å². The summed E-state index contributed by atoms with van der Waals surface area (Å²) in [5.41, 5.74) is 0.996. The molecule has 1 aromatic carbocycles. The molecular formula is C15H12F2N4. The third kappa shape index (κ3) is 2.89. The molecule has 0 bridgehead atoms. The molecule has 21 heavy (non-hydrogen) atoms. The minimum absolute atomic E-state index is 0.190. The van der Waals surface area contributed by atoms with E-state index in [-0.39, 0.29) is 12.1 Å². The lowest BCUT2D eigenvalue weighted by atomic mass is 10.2. The molecule has 2 heterocycles. The van der Waals surface area contributed by atoms with Crippen molar-refractivity contribution in [2.75, 3.05) is 5.32 Å². The molecule has 0 fully saturated rings. The fourth-order valence-electron chi connectivity index (χ4n) is 1.92. The Hall–Kier alpha value is -2.76. The fourth-order valence-corrected chi connectivity index (χ4v) is 1.92. The van der Waals surface area contributed by atoms with Gasteiger partial charge in [0.25, 0.3) is 0 Å². The molecule has 0 unspecified atom stereocenters. The van der Waals surface area contributed by atoms with E-state index in [9.17, 15) is 8.78 Å². The van der Waals surface area contributed by atoms with E-state index in [2.05, 4.69) is 15.3 Å². The summed E-state index contributed by atoms with van der Waals surface area (Å²) in [4.78, 5) is 8.21. The van der Waals surface area contributed by atoms with Crippen LogP contribution in [0.15, 0.2) is 55.2 Å². The largest absolute Gasteiger partial charge is 0.380 e. The predicted molar refractivity (Wildman–Crippen MR) is 75.0 cm³/mol. The van der Waals surface area contributed by atoms with Gasteiger partial charge in [-0.05, 0) is 18.2 Å². The standard InChI is InChI=1S/C15H12F2N4/c16-13-3-1-2-11(15(13)17)8-19-12-4-5-14(20-9-12)21-7-6-18-10-21/h1-7,9-10,19H,8H2. The van der Waals surface area contributed by atoms with Crippen LogP contribution in [0.1, 0.15) is 5.56 Å². The van der Waals surface area contributed by atoms with E-state index in [1.807, 2.05) is 12.1 Å². The van der Waals surface area contributed by atoms with Gasteiger partial charge in [0, 0.05) is 24.5 Å². The number of rotatable bonds is 4. The van der Waals surface area contributed by atoms with E-state index in [1.54, 1.807) is 35.6 Å². The van der Waals surface area contributed by atoms with Crippen molar-refractivity contribution in [3.05, 3.63) is 72.4 Å². The lowest BCUT2D eigenvalue weighted by Crippen LogP contribution is -2.04. The van der Waals surface area contributed by atoms with E-state index in [4.69, 9.17) is 0 Å². The molecule has 106 valence electrons. The first-order valence-electron chi connectivity index (χ1n) is 6.35. The van der Waals surface area contributed by atoms with Crippen LogP contribution in [0, 0.1) is 11.6 Å². The summed E-state index contributed by atoms with van der Waals surface area (Å²) in [6.45, 7) is 0.190. The van der Waals surface area contributed by atoms with Gasteiger partial charge in [-0.3, -0.25) is 4.57 Å². The number of benzene rings is 1. The van der Waals surface area contributed by atoms with Gasteiger partial charge < -0.3 is 5.32 Å². The summed E-state index contributed by atoms with van der Waals surface area (Å²) in [5.74, 6) is -0.939. The molecule has 1 N–H and O–H groups in total. The average molecular weight is 286 g/mol. The lowest BCUT2D eigenvalue weighted by molar-refractivity contribution is 0.500. The second kappa shape index (κ2) is 5.70. The smallest absolute Gasteiger partial charge is 0.163 e. The maximum Gasteiger partial charge on any atom is 0.163 e. The quantitative estimate of drug-likeness (QED) is 0.801. The Morgan fingerprint density at radius 1 is 1.14 bits per heavy atom. The number of nitrogens with one attached hydrogen (secondary N) is 1. The van der Waals surface area contributed by atoms with Crippen LogP contribution in [0.5, 0.6) is 0 Å². The van der Waals surface area contributed by atoms with Gasteiger partial charge in [-0.2, -0.15) is 0 Å². The maximum atomic E-state index is 13.5. The van der Waals surface area contributed by atoms with Crippen LogP contribution in [-0.2, 0) is 6.54 Å². The Labute approximate surface area is 120 Å². The molecule has 0 atom stereocenters. The highest BCUT2D eigenvalue weighted by atomic mass is 19.2. The van der Waals surface area contributed by atoms with Crippen molar-refractivity contribution < 1.29 is 8.78 Å². The van der Waals surface area contributed by atoms with Crippen molar-refractivity contribution in [2.45, 2.75) is 6.54 Å². The summed E-state index contributed by atoms with van der Waals surface area (Å²) >= 11 is 0. The monoisotopic (exact) mass is 286 g/mol. The zero-order valence-electron chi connectivity index (χ0n) is 11.0. The highest BCUT2D eigenvalue weighted by molar-refractivity contribution is 5.44. The topological polar surface area (TPSA) is 42.7 Å². The predicted octanol–water partition coefficient (Wildman–Crippen LogP) is 3.16. The third-order valence-electron chi connectivity index (χ3n) is 3.03.